The summed E-state index contributed by atoms with van der Waals surface area (Å²) in [6.45, 7) is -0.126. The van der Waals surface area contributed by atoms with Crippen LogP contribution in [-0.2, 0) is 11.3 Å². The molecule has 0 aliphatic carbocycles. The molecule has 1 heterocycles. The standard InChI is InChI=1S/C19H17N7O5/c20-17(27)9-23-18(28)13-3-1-12(2-4-13)8-22-19(29)14-5-6-15(16(7-14)26(30)31)25-11-21-10-24-25/h1-7,10-11H,8-9H2,(H2,20,27)(H,22,29)(H,23,28). The van der Waals surface area contributed by atoms with Gasteiger partial charge in [-0.2, -0.15) is 5.10 Å². The van der Waals surface area contributed by atoms with Gasteiger partial charge in [0.25, 0.3) is 17.5 Å². The average molecular weight is 423 g/mol. The van der Waals surface area contributed by atoms with E-state index in [9.17, 15) is 24.5 Å². The molecule has 0 unspecified atom stereocenters. The number of nitro benzene ring substituents is 1. The fourth-order valence-corrected chi connectivity index (χ4v) is 2.67. The maximum atomic E-state index is 12.4. The summed E-state index contributed by atoms with van der Waals surface area (Å²) in [5, 5.41) is 20.3. The van der Waals surface area contributed by atoms with E-state index < -0.39 is 22.6 Å². The lowest BCUT2D eigenvalue weighted by molar-refractivity contribution is -0.384. The number of benzene rings is 2. The molecule has 0 bridgehead atoms. The number of primary amides is 1. The van der Waals surface area contributed by atoms with Gasteiger partial charge in [-0.3, -0.25) is 24.5 Å². The van der Waals surface area contributed by atoms with Crippen LogP contribution in [0.5, 0.6) is 0 Å². The summed E-state index contributed by atoms with van der Waals surface area (Å²) in [7, 11) is 0. The highest BCUT2D eigenvalue weighted by atomic mass is 16.6. The SMILES string of the molecule is NC(=O)CNC(=O)c1ccc(CNC(=O)c2ccc(-n3cncn3)c([N+](=O)[O-])c2)cc1. The zero-order chi connectivity index (χ0) is 22.4. The molecule has 4 N–H and O–H groups in total. The van der Waals surface area contributed by atoms with Crippen LogP contribution >= 0.6 is 0 Å². The molecule has 158 valence electrons. The first-order valence-corrected chi connectivity index (χ1v) is 8.92. The Bertz CT molecular complexity index is 1130. The van der Waals surface area contributed by atoms with Gasteiger partial charge in [0.1, 0.15) is 18.3 Å². The molecule has 0 fully saturated rings. The van der Waals surface area contributed by atoms with Gasteiger partial charge in [0.05, 0.1) is 11.5 Å². The first kappa shape index (κ1) is 21.1. The van der Waals surface area contributed by atoms with Crippen molar-refractivity contribution in [3.63, 3.8) is 0 Å². The van der Waals surface area contributed by atoms with Gasteiger partial charge in [0.15, 0.2) is 0 Å². The van der Waals surface area contributed by atoms with E-state index >= 15 is 0 Å². The summed E-state index contributed by atoms with van der Waals surface area (Å²) in [4.78, 5) is 49.6. The summed E-state index contributed by atoms with van der Waals surface area (Å²) in [5.41, 5.74) is 6.02. The van der Waals surface area contributed by atoms with Crippen LogP contribution in [0, 0.1) is 10.1 Å². The second-order valence-corrected chi connectivity index (χ2v) is 6.33. The molecule has 0 spiro atoms. The van der Waals surface area contributed by atoms with Crippen LogP contribution in [0.1, 0.15) is 26.3 Å². The van der Waals surface area contributed by atoms with Gasteiger partial charge in [0.2, 0.25) is 5.91 Å². The van der Waals surface area contributed by atoms with E-state index in [4.69, 9.17) is 5.73 Å². The van der Waals surface area contributed by atoms with E-state index in [1.807, 2.05) is 0 Å². The van der Waals surface area contributed by atoms with Crippen LogP contribution in [0.3, 0.4) is 0 Å². The molecular formula is C19H17N7O5. The normalized spacial score (nSPS) is 10.3. The highest BCUT2D eigenvalue weighted by molar-refractivity contribution is 5.96. The zero-order valence-corrected chi connectivity index (χ0v) is 16.0. The maximum Gasteiger partial charge on any atom is 0.295 e. The predicted molar refractivity (Wildman–Crippen MR) is 107 cm³/mol. The van der Waals surface area contributed by atoms with E-state index in [2.05, 4.69) is 20.7 Å². The number of carbonyl (C=O) groups is 3. The van der Waals surface area contributed by atoms with Crippen molar-refractivity contribution in [2.45, 2.75) is 6.54 Å². The van der Waals surface area contributed by atoms with Crippen LogP contribution in [0.15, 0.2) is 55.1 Å². The number of nitrogens with two attached hydrogens (primary N) is 1. The highest BCUT2D eigenvalue weighted by Gasteiger charge is 2.19. The van der Waals surface area contributed by atoms with E-state index in [1.54, 1.807) is 12.1 Å². The summed E-state index contributed by atoms with van der Waals surface area (Å²) < 4.78 is 1.24. The molecule has 0 atom stereocenters. The van der Waals surface area contributed by atoms with E-state index in [-0.39, 0.29) is 30.0 Å². The summed E-state index contributed by atoms with van der Waals surface area (Å²) in [6, 6.07) is 10.4. The minimum atomic E-state index is -0.651. The summed E-state index contributed by atoms with van der Waals surface area (Å²) in [5.74, 6) is -1.60. The molecule has 1 aromatic heterocycles. The number of hydrogen-bond donors (Lipinski definition) is 3. The number of amides is 3. The van der Waals surface area contributed by atoms with Crippen molar-refractivity contribution in [1.82, 2.24) is 25.4 Å². The molecule has 0 aliphatic rings. The van der Waals surface area contributed by atoms with Crippen molar-refractivity contribution in [3.05, 3.63) is 81.9 Å². The third-order valence-corrected chi connectivity index (χ3v) is 4.19. The van der Waals surface area contributed by atoms with Crippen LogP contribution in [0.4, 0.5) is 5.69 Å². The van der Waals surface area contributed by atoms with Gasteiger partial charge in [-0.05, 0) is 29.8 Å². The molecule has 3 rings (SSSR count). The smallest absolute Gasteiger partial charge is 0.295 e. The minimum Gasteiger partial charge on any atom is -0.368 e. The van der Waals surface area contributed by atoms with Gasteiger partial charge >= 0.3 is 0 Å². The van der Waals surface area contributed by atoms with Gasteiger partial charge in [-0.25, -0.2) is 9.67 Å². The van der Waals surface area contributed by atoms with Crippen LogP contribution in [0.25, 0.3) is 5.69 Å². The number of nitrogens with zero attached hydrogens (tertiary/aromatic N) is 4. The Morgan fingerprint density at radius 2 is 1.71 bits per heavy atom. The zero-order valence-electron chi connectivity index (χ0n) is 16.0. The fraction of sp³-hybridized carbons (Fsp3) is 0.105. The lowest BCUT2D eigenvalue weighted by Crippen LogP contribution is -2.33. The van der Waals surface area contributed by atoms with Crippen molar-refractivity contribution >= 4 is 23.4 Å². The second-order valence-electron chi connectivity index (χ2n) is 6.33. The molecule has 0 aliphatic heterocycles. The Morgan fingerprint density at radius 1 is 1.03 bits per heavy atom. The van der Waals surface area contributed by atoms with Gasteiger partial charge in [0, 0.05) is 23.7 Å². The van der Waals surface area contributed by atoms with Crippen molar-refractivity contribution in [2.75, 3.05) is 6.54 Å². The van der Waals surface area contributed by atoms with E-state index in [0.29, 0.717) is 11.1 Å². The second kappa shape index (κ2) is 9.26. The number of rotatable bonds is 8. The number of hydrogen-bond acceptors (Lipinski definition) is 7. The monoisotopic (exact) mass is 423 g/mol. The molecule has 31 heavy (non-hydrogen) atoms. The predicted octanol–water partition coefficient (Wildman–Crippen LogP) is 0.321. The Hall–Kier alpha value is -4.61. The van der Waals surface area contributed by atoms with Crippen molar-refractivity contribution in [2.24, 2.45) is 5.73 Å². The van der Waals surface area contributed by atoms with Gasteiger partial charge in [-0.15, -0.1) is 0 Å². The van der Waals surface area contributed by atoms with E-state index in [0.717, 1.165) is 0 Å². The fourth-order valence-electron chi connectivity index (χ4n) is 2.67. The maximum absolute atomic E-state index is 12.4. The Kier molecular flexibility index (Phi) is 6.30. The molecular weight excluding hydrogens is 406 g/mol. The quantitative estimate of drug-likeness (QED) is 0.345. The molecule has 3 amide bonds. The molecule has 12 heteroatoms. The largest absolute Gasteiger partial charge is 0.368 e. The molecule has 0 saturated carbocycles. The number of aromatic nitrogens is 3. The van der Waals surface area contributed by atoms with Gasteiger partial charge in [-0.1, -0.05) is 12.1 Å². The average Bonchev–Trinajstić information content (AvgIpc) is 3.30. The lowest BCUT2D eigenvalue weighted by Gasteiger charge is -2.08. The Balaban J connectivity index is 1.65. The molecule has 3 aromatic rings. The van der Waals surface area contributed by atoms with E-state index in [1.165, 1.54) is 47.7 Å². The van der Waals surface area contributed by atoms with Crippen molar-refractivity contribution in [1.29, 1.82) is 0 Å². The van der Waals surface area contributed by atoms with Crippen molar-refractivity contribution in [3.8, 4) is 5.69 Å². The lowest BCUT2D eigenvalue weighted by atomic mass is 10.1. The van der Waals surface area contributed by atoms with Crippen LogP contribution in [0.2, 0.25) is 0 Å². The molecule has 12 nitrogen and oxygen atoms in total. The first-order chi connectivity index (χ1) is 14.8. The van der Waals surface area contributed by atoms with Crippen molar-refractivity contribution < 1.29 is 19.3 Å². The molecule has 0 radical (unpaired) electrons. The third-order valence-electron chi connectivity index (χ3n) is 4.19. The number of nitrogens with one attached hydrogen (secondary N) is 2. The molecule has 0 saturated heterocycles. The van der Waals surface area contributed by atoms with Gasteiger partial charge < -0.3 is 16.4 Å². The number of nitro groups is 1. The minimum absolute atomic E-state index is 0.109. The third kappa shape index (κ3) is 5.26. The Labute approximate surface area is 175 Å². The summed E-state index contributed by atoms with van der Waals surface area (Å²) in [6.07, 6.45) is 2.57. The molecule has 2 aromatic carbocycles. The van der Waals surface area contributed by atoms with Crippen LogP contribution in [-0.4, -0.2) is 44.0 Å². The summed E-state index contributed by atoms with van der Waals surface area (Å²) >= 11 is 0. The Morgan fingerprint density at radius 3 is 2.32 bits per heavy atom. The topological polar surface area (TPSA) is 175 Å². The highest BCUT2D eigenvalue weighted by Crippen LogP contribution is 2.23. The first-order valence-electron chi connectivity index (χ1n) is 8.92. The van der Waals surface area contributed by atoms with Crippen LogP contribution < -0.4 is 16.4 Å². The number of carbonyl (C=O) groups excluding carboxylic acids is 3.